The predicted molar refractivity (Wildman–Crippen MR) is 69.2 cm³/mol. The lowest BCUT2D eigenvalue weighted by Gasteiger charge is -2.20. The average molecular weight is 300 g/mol. The van der Waals surface area contributed by atoms with Gasteiger partial charge in [-0.25, -0.2) is 0 Å². The second-order valence-corrected chi connectivity index (χ2v) is 5.11. The highest BCUT2D eigenvalue weighted by Crippen LogP contribution is 2.39. The van der Waals surface area contributed by atoms with Gasteiger partial charge in [-0.1, -0.05) is 22.0 Å². The molecular weight excluding hydrogens is 286 g/mol. The Kier molecular flexibility index (Phi) is 3.57. The number of rotatable bonds is 3. The molecule has 1 amide bonds. The number of amides is 1. The van der Waals surface area contributed by atoms with Gasteiger partial charge in [0, 0.05) is 17.8 Å². The number of methoxy groups -OCH3 is 2. The molecule has 1 heterocycles. The molecular formula is C12H14BrNO3. The van der Waals surface area contributed by atoms with E-state index in [-0.39, 0.29) is 10.7 Å². The SMILES string of the molecule is COc1cccc(N2CC(Br)CC2=O)c1OC. The van der Waals surface area contributed by atoms with Gasteiger partial charge in [-0.3, -0.25) is 4.79 Å². The molecule has 1 unspecified atom stereocenters. The van der Waals surface area contributed by atoms with Gasteiger partial charge in [0.25, 0.3) is 0 Å². The molecule has 1 fully saturated rings. The van der Waals surface area contributed by atoms with E-state index >= 15 is 0 Å². The summed E-state index contributed by atoms with van der Waals surface area (Å²) in [7, 11) is 3.16. The number of nitrogens with zero attached hydrogens (tertiary/aromatic N) is 1. The van der Waals surface area contributed by atoms with E-state index in [1.54, 1.807) is 19.1 Å². The van der Waals surface area contributed by atoms with Crippen LogP contribution in [0.3, 0.4) is 0 Å². The number of carbonyl (C=O) groups is 1. The second kappa shape index (κ2) is 4.96. The van der Waals surface area contributed by atoms with E-state index < -0.39 is 0 Å². The summed E-state index contributed by atoms with van der Waals surface area (Å²) in [6.07, 6.45) is 0.514. The number of halogens is 1. The minimum absolute atomic E-state index is 0.0958. The first-order valence-corrected chi connectivity index (χ1v) is 6.24. The minimum atomic E-state index is 0.0958. The molecule has 5 heteroatoms. The Balaban J connectivity index is 2.41. The summed E-state index contributed by atoms with van der Waals surface area (Å²) < 4.78 is 10.6. The third-order valence-electron chi connectivity index (χ3n) is 2.75. The molecule has 0 N–H and O–H groups in total. The Morgan fingerprint density at radius 1 is 1.35 bits per heavy atom. The molecule has 0 saturated carbocycles. The monoisotopic (exact) mass is 299 g/mol. The van der Waals surface area contributed by atoms with Crippen molar-refractivity contribution < 1.29 is 14.3 Å². The van der Waals surface area contributed by atoms with Crippen LogP contribution in [0.25, 0.3) is 0 Å². The van der Waals surface area contributed by atoms with Gasteiger partial charge in [0.2, 0.25) is 5.91 Å². The van der Waals surface area contributed by atoms with Gasteiger partial charge in [0.15, 0.2) is 11.5 Å². The van der Waals surface area contributed by atoms with Crippen LogP contribution in [0, 0.1) is 0 Å². The summed E-state index contributed by atoms with van der Waals surface area (Å²) in [5.41, 5.74) is 0.763. The van der Waals surface area contributed by atoms with Gasteiger partial charge in [0.1, 0.15) is 0 Å². The Bertz CT molecular complexity index is 436. The van der Waals surface area contributed by atoms with Crippen LogP contribution in [0.15, 0.2) is 18.2 Å². The number of benzene rings is 1. The molecule has 0 aromatic heterocycles. The Morgan fingerprint density at radius 3 is 2.65 bits per heavy atom. The number of alkyl halides is 1. The highest BCUT2D eigenvalue weighted by molar-refractivity contribution is 9.09. The van der Waals surface area contributed by atoms with Crippen molar-refractivity contribution in [3.8, 4) is 11.5 Å². The normalized spacial score (nSPS) is 19.6. The smallest absolute Gasteiger partial charge is 0.228 e. The van der Waals surface area contributed by atoms with Crippen molar-refractivity contribution in [3.63, 3.8) is 0 Å². The van der Waals surface area contributed by atoms with Gasteiger partial charge in [-0.2, -0.15) is 0 Å². The van der Waals surface area contributed by atoms with Gasteiger partial charge < -0.3 is 14.4 Å². The summed E-state index contributed by atoms with van der Waals surface area (Å²) in [6.45, 7) is 0.655. The van der Waals surface area contributed by atoms with E-state index in [1.165, 1.54) is 0 Å². The summed E-state index contributed by atoms with van der Waals surface area (Å²) in [6, 6.07) is 5.53. The molecule has 17 heavy (non-hydrogen) atoms. The molecule has 0 radical (unpaired) electrons. The van der Waals surface area contributed by atoms with Gasteiger partial charge in [-0.15, -0.1) is 0 Å². The first kappa shape index (κ1) is 12.2. The van der Waals surface area contributed by atoms with Crippen LogP contribution in [0.5, 0.6) is 11.5 Å². The van der Waals surface area contributed by atoms with E-state index in [9.17, 15) is 4.79 Å². The highest BCUT2D eigenvalue weighted by Gasteiger charge is 2.31. The van der Waals surface area contributed by atoms with E-state index in [0.717, 1.165) is 5.69 Å². The molecule has 92 valence electrons. The van der Waals surface area contributed by atoms with Crippen molar-refractivity contribution in [3.05, 3.63) is 18.2 Å². The Labute approximate surface area is 109 Å². The zero-order chi connectivity index (χ0) is 12.4. The second-order valence-electron chi connectivity index (χ2n) is 3.82. The van der Waals surface area contributed by atoms with Gasteiger partial charge >= 0.3 is 0 Å². The van der Waals surface area contributed by atoms with Crippen molar-refractivity contribution >= 4 is 27.5 Å². The van der Waals surface area contributed by atoms with Crippen molar-refractivity contribution in [1.82, 2.24) is 0 Å². The zero-order valence-electron chi connectivity index (χ0n) is 9.77. The average Bonchev–Trinajstić information content (AvgIpc) is 2.67. The predicted octanol–water partition coefficient (Wildman–Crippen LogP) is 2.20. The van der Waals surface area contributed by atoms with E-state index in [0.29, 0.717) is 24.5 Å². The maximum Gasteiger partial charge on any atom is 0.228 e. The number of para-hydroxylation sites is 1. The van der Waals surface area contributed by atoms with Crippen molar-refractivity contribution in [1.29, 1.82) is 0 Å². The largest absolute Gasteiger partial charge is 0.493 e. The molecule has 1 saturated heterocycles. The fourth-order valence-corrected chi connectivity index (χ4v) is 2.55. The molecule has 4 nitrogen and oxygen atoms in total. The van der Waals surface area contributed by atoms with Gasteiger partial charge in [-0.05, 0) is 12.1 Å². The van der Waals surface area contributed by atoms with Crippen LogP contribution < -0.4 is 14.4 Å². The van der Waals surface area contributed by atoms with Gasteiger partial charge in [0.05, 0.1) is 19.9 Å². The standard InChI is InChI=1S/C12H14BrNO3/c1-16-10-5-3-4-9(12(10)17-2)14-7-8(13)6-11(14)15/h3-5,8H,6-7H2,1-2H3. The third kappa shape index (κ3) is 2.24. The highest BCUT2D eigenvalue weighted by atomic mass is 79.9. The van der Waals surface area contributed by atoms with Crippen molar-refractivity contribution in [2.75, 3.05) is 25.7 Å². The van der Waals surface area contributed by atoms with Crippen molar-refractivity contribution in [2.45, 2.75) is 11.2 Å². The Morgan fingerprint density at radius 2 is 2.12 bits per heavy atom. The fourth-order valence-electron chi connectivity index (χ4n) is 1.98. The van der Waals surface area contributed by atoms with Crippen LogP contribution in [-0.4, -0.2) is 31.5 Å². The van der Waals surface area contributed by atoms with E-state index in [4.69, 9.17) is 9.47 Å². The molecule has 1 aromatic rings. The molecule has 0 bridgehead atoms. The third-order valence-corrected chi connectivity index (χ3v) is 3.36. The van der Waals surface area contributed by atoms with E-state index in [1.807, 2.05) is 18.2 Å². The van der Waals surface area contributed by atoms with E-state index in [2.05, 4.69) is 15.9 Å². The molecule has 0 spiro atoms. The maximum atomic E-state index is 11.9. The maximum absolute atomic E-state index is 11.9. The fraction of sp³-hybridized carbons (Fsp3) is 0.417. The van der Waals surface area contributed by atoms with Crippen LogP contribution in [0.2, 0.25) is 0 Å². The summed E-state index contributed by atoms with van der Waals surface area (Å²) in [5, 5.41) is 0. The van der Waals surface area contributed by atoms with Crippen molar-refractivity contribution in [2.24, 2.45) is 0 Å². The molecule has 2 rings (SSSR count). The summed E-state index contributed by atoms with van der Waals surface area (Å²) in [5.74, 6) is 1.33. The molecule has 1 aliphatic rings. The lowest BCUT2D eigenvalue weighted by molar-refractivity contribution is -0.117. The van der Waals surface area contributed by atoms with Crippen LogP contribution in [0.4, 0.5) is 5.69 Å². The van der Waals surface area contributed by atoms with Crippen LogP contribution in [0.1, 0.15) is 6.42 Å². The molecule has 1 atom stereocenters. The zero-order valence-corrected chi connectivity index (χ0v) is 11.4. The number of hydrogen-bond acceptors (Lipinski definition) is 3. The topological polar surface area (TPSA) is 38.8 Å². The summed E-state index contributed by atoms with van der Waals surface area (Å²) >= 11 is 3.46. The quantitative estimate of drug-likeness (QED) is 0.803. The molecule has 1 aliphatic heterocycles. The molecule has 1 aromatic carbocycles. The number of hydrogen-bond donors (Lipinski definition) is 0. The molecule has 0 aliphatic carbocycles. The first-order chi connectivity index (χ1) is 8.17. The summed E-state index contributed by atoms with van der Waals surface area (Å²) in [4.78, 5) is 13.8. The first-order valence-electron chi connectivity index (χ1n) is 5.32. The number of anilines is 1. The van der Waals surface area contributed by atoms with Crippen LogP contribution in [-0.2, 0) is 4.79 Å². The lowest BCUT2D eigenvalue weighted by atomic mass is 10.2. The Hall–Kier alpha value is -1.23. The number of ether oxygens (including phenoxy) is 2. The lowest BCUT2D eigenvalue weighted by Crippen LogP contribution is -2.25. The minimum Gasteiger partial charge on any atom is -0.493 e. The van der Waals surface area contributed by atoms with Crippen LogP contribution >= 0.6 is 15.9 Å². The number of carbonyl (C=O) groups excluding carboxylic acids is 1.